The van der Waals surface area contributed by atoms with Crippen LogP contribution < -0.4 is 5.32 Å². The molecule has 2 aromatic heterocycles. The molecule has 4 aromatic rings. The number of nitrogens with one attached hydrogen (secondary N) is 1. The number of nitro benzene ring substituents is 2. The lowest BCUT2D eigenvalue weighted by Crippen LogP contribution is -2.39. The number of hydrogen-bond donors (Lipinski definition) is 2. The number of aromatic nitrogens is 4. The highest BCUT2D eigenvalue weighted by atomic mass is 16.7. The van der Waals surface area contributed by atoms with Gasteiger partial charge in [-0.25, -0.2) is 24.5 Å². The van der Waals surface area contributed by atoms with E-state index in [9.17, 15) is 44.5 Å². The number of nitro groups is 2. The van der Waals surface area contributed by atoms with Crippen LogP contribution in [0.25, 0.3) is 11.2 Å². The highest BCUT2D eigenvalue weighted by molar-refractivity contribution is 5.93. The van der Waals surface area contributed by atoms with Crippen LogP contribution in [-0.2, 0) is 50.9 Å². The van der Waals surface area contributed by atoms with Crippen molar-refractivity contribution < 1.29 is 62.6 Å². The Balaban J connectivity index is 1.15. The molecule has 1 amide bonds. The largest absolute Gasteiger partial charge is 0.508 e. The fourth-order valence-corrected chi connectivity index (χ4v) is 7.09. The molecule has 0 aliphatic carbocycles. The number of carbonyl (C=O) groups is 4. The van der Waals surface area contributed by atoms with Crippen LogP contribution in [0.5, 0.6) is 0 Å². The maximum Gasteiger partial charge on any atom is 0.508 e. The van der Waals surface area contributed by atoms with E-state index in [1.807, 2.05) is 0 Å². The molecule has 22 heteroatoms. The number of non-ortho nitro benzene ring substituents is 2. The number of ether oxygens (including phenoxy) is 6. The molecule has 3 heterocycles. The zero-order chi connectivity index (χ0) is 47.3. The van der Waals surface area contributed by atoms with Crippen molar-refractivity contribution in [1.82, 2.24) is 19.5 Å². The van der Waals surface area contributed by atoms with Crippen molar-refractivity contribution in [2.24, 2.45) is 0 Å². The van der Waals surface area contributed by atoms with Gasteiger partial charge in [0.05, 0.1) is 49.0 Å². The third kappa shape index (κ3) is 15.8. The maximum absolute atomic E-state index is 13.2. The molecule has 1 fully saturated rings. The normalized spacial score (nSPS) is 16.7. The Labute approximate surface area is 379 Å². The number of anilines is 1. The fraction of sp³-hybridized carbons (Fsp3) is 0.523. The SMILES string of the molecule is CC(=O)CCC(=O)OCCCCCCCCCCCO[C@H]1[C@@H](OC(=O)OCCc2ccc([N+](=O)[O-])cc2)[C@H](n2cnc3c(NC(=O)OCCc4ccc([N+](=O)[O-])cc4)ncnc32)O[C@@H]1CO. The zero-order valence-corrected chi connectivity index (χ0v) is 36.7. The number of ketones is 1. The second-order valence-electron chi connectivity index (χ2n) is 15.5. The summed E-state index contributed by atoms with van der Waals surface area (Å²) in [4.78, 5) is 82.5. The molecule has 1 aliphatic rings. The number of benzene rings is 2. The van der Waals surface area contributed by atoms with E-state index in [4.69, 9.17) is 28.4 Å². The number of fused-ring (bicyclic) bond motifs is 1. The van der Waals surface area contributed by atoms with Crippen molar-refractivity contribution in [2.45, 2.75) is 115 Å². The molecule has 4 atom stereocenters. The molecule has 0 unspecified atom stereocenters. The van der Waals surface area contributed by atoms with Crippen LogP contribution in [0.2, 0.25) is 0 Å². The molecule has 0 spiro atoms. The van der Waals surface area contributed by atoms with Crippen LogP contribution in [0.3, 0.4) is 0 Å². The van der Waals surface area contributed by atoms with Gasteiger partial charge in [-0.15, -0.1) is 0 Å². The summed E-state index contributed by atoms with van der Waals surface area (Å²) in [6, 6.07) is 11.7. The molecule has 2 N–H and O–H groups in total. The van der Waals surface area contributed by atoms with E-state index in [0.29, 0.717) is 25.0 Å². The van der Waals surface area contributed by atoms with E-state index >= 15 is 0 Å². The van der Waals surface area contributed by atoms with Gasteiger partial charge in [-0.3, -0.25) is 34.9 Å². The third-order valence-corrected chi connectivity index (χ3v) is 10.6. The lowest BCUT2D eigenvalue weighted by molar-refractivity contribution is -0.385. The molecule has 0 bridgehead atoms. The topological polar surface area (TPSA) is 286 Å². The van der Waals surface area contributed by atoms with Crippen molar-refractivity contribution in [3.63, 3.8) is 0 Å². The van der Waals surface area contributed by atoms with Crippen LogP contribution in [0.15, 0.2) is 61.2 Å². The van der Waals surface area contributed by atoms with Crippen molar-refractivity contribution in [2.75, 3.05) is 38.4 Å². The molecule has 356 valence electrons. The Morgan fingerprint density at radius 1 is 0.727 bits per heavy atom. The standard InChI is InChI=1S/C44H55N7O15/c1-30(53)11-20-36(54)61-23-9-7-5-3-2-4-6-8-10-24-62-38-35(27-52)65-42(39(38)66-44(56)64-26-22-32-14-18-34(19-15-32)51(59)60)49-29-47-37-40(45-28-46-41(37)49)48-43(55)63-25-21-31-12-16-33(17-13-31)50(57)58/h12-19,28-29,35,38-39,42,52H,2-11,20-27H2,1H3,(H,45,46,48,55)/t35-,38-,39-,42-/m1/s1. The van der Waals surface area contributed by atoms with Gasteiger partial charge in [0.25, 0.3) is 11.4 Å². The van der Waals surface area contributed by atoms with E-state index in [1.54, 1.807) is 24.3 Å². The summed E-state index contributed by atoms with van der Waals surface area (Å²) in [7, 11) is 0. The molecule has 5 rings (SSSR count). The molecule has 0 radical (unpaired) electrons. The third-order valence-electron chi connectivity index (χ3n) is 10.6. The van der Waals surface area contributed by atoms with E-state index in [-0.39, 0.29) is 79.2 Å². The van der Waals surface area contributed by atoms with Crippen molar-refractivity contribution in [1.29, 1.82) is 0 Å². The molecule has 0 saturated carbocycles. The van der Waals surface area contributed by atoms with Gasteiger partial charge in [-0.1, -0.05) is 69.2 Å². The minimum atomic E-state index is -1.17. The number of aliphatic hydroxyl groups excluding tert-OH is 1. The van der Waals surface area contributed by atoms with Crippen molar-refractivity contribution in [3.8, 4) is 0 Å². The van der Waals surface area contributed by atoms with Gasteiger partial charge >= 0.3 is 18.2 Å². The van der Waals surface area contributed by atoms with Crippen LogP contribution in [0.1, 0.15) is 94.9 Å². The summed E-state index contributed by atoms with van der Waals surface area (Å²) in [6.45, 7) is 1.44. The van der Waals surface area contributed by atoms with Crippen LogP contribution >= 0.6 is 0 Å². The Kier molecular flexibility index (Phi) is 20.1. The van der Waals surface area contributed by atoms with Crippen LogP contribution in [-0.4, -0.2) is 110 Å². The number of unbranched alkanes of at least 4 members (excludes halogenated alkanes) is 8. The molecule has 22 nitrogen and oxygen atoms in total. The zero-order valence-electron chi connectivity index (χ0n) is 36.7. The Morgan fingerprint density at radius 2 is 1.30 bits per heavy atom. The first-order valence-corrected chi connectivity index (χ1v) is 21.9. The van der Waals surface area contributed by atoms with E-state index in [0.717, 1.165) is 56.9 Å². The second-order valence-corrected chi connectivity index (χ2v) is 15.5. The van der Waals surface area contributed by atoms with Gasteiger partial charge in [-0.05, 0) is 30.9 Å². The smallest absolute Gasteiger partial charge is 0.466 e. The number of Topliss-reactive ketones (excluding diaryl/α,β-unsaturated/α-hetero) is 1. The van der Waals surface area contributed by atoms with Crippen molar-refractivity contribution >= 4 is 52.4 Å². The Morgan fingerprint density at radius 3 is 1.88 bits per heavy atom. The molecule has 1 saturated heterocycles. The Bertz CT molecular complexity index is 2220. The molecule has 1 aliphatic heterocycles. The van der Waals surface area contributed by atoms with Crippen molar-refractivity contribution in [3.05, 3.63) is 92.5 Å². The molecular weight excluding hydrogens is 867 g/mol. The summed E-state index contributed by atoms with van der Waals surface area (Å²) in [6.07, 6.45) is 5.72. The number of nitrogens with zero attached hydrogens (tertiary/aromatic N) is 6. The number of rotatable bonds is 28. The summed E-state index contributed by atoms with van der Waals surface area (Å²) < 4.78 is 35.7. The highest BCUT2D eigenvalue weighted by Gasteiger charge is 2.49. The average Bonchev–Trinajstić information content (AvgIpc) is 3.88. The van der Waals surface area contributed by atoms with E-state index in [2.05, 4.69) is 20.3 Å². The fourth-order valence-electron chi connectivity index (χ4n) is 7.09. The minimum absolute atomic E-state index is 0.00708. The molecular formula is C44H55N7O15. The van der Waals surface area contributed by atoms with Gasteiger partial charge in [0.1, 0.15) is 24.3 Å². The number of amides is 1. The van der Waals surface area contributed by atoms with Crippen LogP contribution in [0, 0.1) is 20.2 Å². The number of hydrogen-bond acceptors (Lipinski definition) is 18. The van der Waals surface area contributed by atoms with Crippen LogP contribution in [0.4, 0.5) is 26.8 Å². The summed E-state index contributed by atoms with van der Waals surface area (Å²) in [5.41, 5.74) is 1.61. The first-order valence-electron chi connectivity index (χ1n) is 21.9. The number of imidazole rings is 1. The minimum Gasteiger partial charge on any atom is -0.466 e. The van der Waals surface area contributed by atoms with Gasteiger partial charge < -0.3 is 38.3 Å². The average molecular weight is 922 g/mol. The number of carbonyl (C=O) groups excluding carboxylic acids is 4. The summed E-state index contributed by atoms with van der Waals surface area (Å²) in [5.74, 6) is -0.372. The highest BCUT2D eigenvalue weighted by Crippen LogP contribution is 2.36. The summed E-state index contributed by atoms with van der Waals surface area (Å²) >= 11 is 0. The Hall–Kier alpha value is -6.65. The summed E-state index contributed by atoms with van der Waals surface area (Å²) in [5, 5.41) is 34.9. The maximum atomic E-state index is 13.2. The monoisotopic (exact) mass is 921 g/mol. The van der Waals surface area contributed by atoms with Gasteiger partial charge in [-0.2, -0.15) is 0 Å². The molecule has 66 heavy (non-hydrogen) atoms. The first kappa shape index (κ1) is 50.4. The second kappa shape index (κ2) is 26.3. The lowest BCUT2D eigenvalue weighted by Gasteiger charge is -2.24. The van der Waals surface area contributed by atoms with E-state index < -0.39 is 53.2 Å². The predicted molar refractivity (Wildman–Crippen MR) is 233 cm³/mol. The predicted octanol–water partition coefficient (Wildman–Crippen LogP) is 6.90. The van der Waals surface area contributed by atoms with E-state index in [1.165, 1.54) is 48.4 Å². The van der Waals surface area contributed by atoms with Gasteiger partial charge in [0, 0.05) is 50.1 Å². The van der Waals surface area contributed by atoms with Gasteiger partial charge in [0.15, 0.2) is 29.3 Å². The molecule has 2 aromatic carbocycles. The first-order chi connectivity index (χ1) is 31.9. The quantitative estimate of drug-likeness (QED) is 0.0193. The lowest BCUT2D eigenvalue weighted by atomic mass is 10.1. The number of esters is 1. The van der Waals surface area contributed by atoms with Gasteiger partial charge in [0.2, 0.25) is 0 Å². The number of aliphatic hydroxyl groups is 1.